The summed E-state index contributed by atoms with van der Waals surface area (Å²) in [5.74, 6) is -0.453. The lowest BCUT2D eigenvalue weighted by atomic mass is 9.99. The summed E-state index contributed by atoms with van der Waals surface area (Å²) in [4.78, 5) is 53.4. The van der Waals surface area contributed by atoms with E-state index in [1.165, 1.54) is 29.4 Å². The van der Waals surface area contributed by atoms with Gasteiger partial charge in [0.2, 0.25) is 5.43 Å². The number of alkyl halides is 3. The fraction of sp³-hybridized carbons (Fsp3) is 0.345. The highest BCUT2D eigenvalue weighted by molar-refractivity contribution is 7.13. The van der Waals surface area contributed by atoms with Crippen molar-refractivity contribution in [3.8, 4) is 21.7 Å². The number of hydrogen-bond donors (Lipinski definition) is 4. The quantitative estimate of drug-likeness (QED) is 0.194. The molecule has 0 aliphatic heterocycles. The third kappa shape index (κ3) is 7.59. The van der Waals surface area contributed by atoms with Gasteiger partial charge >= 0.3 is 12.2 Å². The second-order valence-corrected chi connectivity index (χ2v) is 11.0. The summed E-state index contributed by atoms with van der Waals surface area (Å²) in [5.41, 5.74) is -0.243. The van der Waals surface area contributed by atoms with E-state index < -0.39 is 29.2 Å². The molecule has 0 unspecified atom stereocenters. The zero-order chi connectivity index (χ0) is 32.0. The van der Waals surface area contributed by atoms with E-state index in [4.69, 9.17) is 0 Å². The Morgan fingerprint density at radius 2 is 1.89 bits per heavy atom. The first-order valence-electron chi connectivity index (χ1n) is 13.7. The zero-order valence-corrected chi connectivity index (χ0v) is 25.1. The van der Waals surface area contributed by atoms with Crippen LogP contribution in [-0.4, -0.2) is 88.7 Å². The largest absolute Gasteiger partial charge is 0.434 e. The molecule has 0 fully saturated rings. The Balaban J connectivity index is 1.80. The van der Waals surface area contributed by atoms with Crippen LogP contribution < -0.4 is 16.1 Å². The van der Waals surface area contributed by atoms with Gasteiger partial charge in [-0.15, -0.1) is 11.3 Å². The molecule has 3 heterocycles. The minimum absolute atomic E-state index is 0.0326. The lowest BCUT2D eigenvalue weighted by Crippen LogP contribution is -2.40. The maximum atomic E-state index is 13.6. The van der Waals surface area contributed by atoms with E-state index in [1.54, 1.807) is 12.1 Å². The Morgan fingerprint density at radius 3 is 2.55 bits per heavy atom. The normalized spacial score (nSPS) is 11.6. The molecule has 1 aromatic carbocycles. The number of aliphatic hydroxyl groups excluding tert-OH is 1. The summed E-state index contributed by atoms with van der Waals surface area (Å²) < 4.78 is 40.2. The summed E-state index contributed by atoms with van der Waals surface area (Å²) in [7, 11) is 3.68. The van der Waals surface area contributed by atoms with Crippen LogP contribution in [0.1, 0.15) is 29.4 Å². The molecule has 11 nitrogen and oxygen atoms in total. The number of anilines is 1. The number of carbonyl (C=O) groups is 2. The molecule has 3 amide bonds. The third-order valence-electron chi connectivity index (χ3n) is 6.60. The first kappa shape index (κ1) is 32.6. The Labute approximate surface area is 254 Å². The number of urea groups is 1. The number of likely N-dealkylation sites (N-methyl/N-ethyl adjacent to an activating group) is 1. The molecule has 0 aliphatic rings. The van der Waals surface area contributed by atoms with Crippen LogP contribution >= 0.6 is 11.3 Å². The molecule has 234 valence electrons. The number of aromatic amines is 1. The first-order chi connectivity index (χ1) is 20.9. The highest BCUT2D eigenvalue weighted by Gasteiger charge is 2.34. The van der Waals surface area contributed by atoms with E-state index in [-0.39, 0.29) is 40.5 Å². The van der Waals surface area contributed by atoms with Crippen LogP contribution in [0.4, 0.5) is 23.8 Å². The maximum Gasteiger partial charge on any atom is 0.434 e. The van der Waals surface area contributed by atoms with Crippen molar-refractivity contribution < 1.29 is 27.9 Å². The number of nitrogens with zero attached hydrogens (tertiary/aromatic N) is 4. The summed E-state index contributed by atoms with van der Waals surface area (Å²) in [6, 6.07) is 5.71. The molecule has 4 aromatic rings. The van der Waals surface area contributed by atoms with Gasteiger partial charge in [0.25, 0.3) is 5.91 Å². The van der Waals surface area contributed by atoms with Crippen molar-refractivity contribution in [2.75, 3.05) is 52.2 Å². The highest BCUT2D eigenvalue weighted by Crippen LogP contribution is 2.38. The number of halogens is 3. The molecule has 0 aliphatic carbocycles. The van der Waals surface area contributed by atoms with Crippen LogP contribution in [0.5, 0.6) is 0 Å². The summed E-state index contributed by atoms with van der Waals surface area (Å²) >= 11 is 0.778. The van der Waals surface area contributed by atoms with Gasteiger partial charge < -0.3 is 25.2 Å². The molecule has 0 saturated heterocycles. The van der Waals surface area contributed by atoms with Gasteiger partial charge in [0, 0.05) is 66.0 Å². The number of thiazole rings is 1. The molecule has 4 rings (SSSR count). The minimum Gasteiger partial charge on any atom is -0.395 e. The number of amides is 3. The second-order valence-electron chi connectivity index (χ2n) is 10.1. The molecule has 0 radical (unpaired) electrons. The second kappa shape index (κ2) is 14.0. The number of benzene rings is 1. The van der Waals surface area contributed by atoms with Crippen molar-refractivity contribution in [3.63, 3.8) is 0 Å². The number of hydrogen-bond acceptors (Lipinski definition) is 8. The Morgan fingerprint density at radius 1 is 1.11 bits per heavy atom. The van der Waals surface area contributed by atoms with Crippen LogP contribution in [0.2, 0.25) is 0 Å². The van der Waals surface area contributed by atoms with Gasteiger partial charge in [-0.2, -0.15) is 13.2 Å². The molecule has 0 spiro atoms. The van der Waals surface area contributed by atoms with Crippen LogP contribution in [0.25, 0.3) is 32.6 Å². The van der Waals surface area contributed by atoms with Crippen LogP contribution in [0.3, 0.4) is 0 Å². The van der Waals surface area contributed by atoms with Crippen molar-refractivity contribution in [1.29, 1.82) is 0 Å². The number of nitrogens with one attached hydrogen (secondary N) is 3. The van der Waals surface area contributed by atoms with E-state index in [0.717, 1.165) is 16.7 Å². The van der Waals surface area contributed by atoms with Crippen LogP contribution in [-0.2, 0) is 6.18 Å². The standard InChI is InChI=1S/C29H32F3N7O4S/c1-4-7-33-28(43)37-24-13-18(26-36-23(16-44-26)29(30,31)32)20(14-35-24)17-5-6-22-19(12-17)25(41)21(15-34-22)27(42)39(10-11-40)9-8-38(2)3/h5-6,12-16,40H,4,7-11H2,1-3H3,(H,34,41)(H2,33,35,37,43). The molecule has 4 N–H and O–H groups in total. The predicted molar refractivity (Wildman–Crippen MR) is 163 cm³/mol. The van der Waals surface area contributed by atoms with Crippen LogP contribution in [0.15, 0.2) is 46.8 Å². The Hall–Kier alpha value is -4.34. The van der Waals surface area contributed by atoms with Crippen molar-refractivity contribution in [2.24, 2.45) is 0 Å². The molecule has 15 heteroatoms. The SMILES string of the molecule is CCCNC(=O)Nc1cc(-c2nc(C(F)(F)F)cs2)c(-c2ccc3[nH]cc(C(=O)N(CCO)CCN(C)C)c(=O)c3c2)cn1. The van der Waals surface area contributed by atoms with Gasteiger partial charge in [-0.05, 0) is 44.3 Å². The van der Waals surface area contributed by atoms with Gasteiger partial charge in [-0.25, -0.2) is 14.8 Å². The summed E-state index contributed by atoms with van der Waals surface area (Å²) in [6.07, 6.45) is -1.24. The van der Waals surface area contributed by atoms with E-state index in [2.05, 4.69) is 25.6 Å². The number of aliphatic hydroxyl groups is 1. The number of aromatic nitrogens is 3. The van der Waals surface area contributed by atoms with Crippen molar-refractivity contribution in [2.45, 2.75) is 19.5 Å². The van der Waals surface area contributed by atoms with Gasteiger partial charge in [0.1, 0.15) is 16.4 Å². The monoisotopic (exact) mass is 631 g/mol. The average molecular weight is 632 g/mol. The van der Waals surface area contributed by atoms with E-state index in [1.807, 2.05) is 25.9 Å². The molecule has 44 heavy (non-hydrogen) atoms. The van der Waals surface area contributed by atoms with Crippen molar-refractivity contribution in [3.05, 3.63) is 63.5 Å². The number of rotatable bonds is 11. The van der Waals surface area contributed by atoms with E-state index in [9.17, 15) is 32.7 Å². The lowest BCUT2D eigenvalue weighted by Gasteiger charge is -2.23. The smallest absolute Gasteiger partial charge is 0.395 e. The van der Waals surface area contributed by atoms with Gasteiger partial charge in [-0.3, -0.25) is 14.9 Å². The highest BCUT2D eigenvalue weighted by atomic mass is 32.1. The van der Waals surface area contributed by atoms with Crippen molar-refractivity contribution in [1.82, 2.24) is 30.1 Å². The predicted octanol–water partition coefficient (Wildman–Crippen LogP) is 4.26. The topological polar surface area (TPSA) is 144 Å². The van der Waals surface area contributed by atoms with Crippen LogP contribution in [0, 0.1) is 0 Å². The molecule has 0 atom stereocenters. The molecule has 0 saturated carbocycles. The zero-order valence-electron chi connectivity index (χ0n) is 24.3. The van der Waals surface area contributed by atoms with Gasteiger partial charge in [-0.1, -0.05) is 13.0 Å². The number of pyridine rings is 2. The van der Waals surface area contributed by atoms with Crippen molar-refractivity contribution >= 4 is 40.0 Å². The summed E-state index contributed by atoms with van der Waals surface area (Å²) in [6.45, 7) is 2.89. The third-order valence-corrected chi connectivity index (χ3v) is 7.48. The Kier molecular flexibility index (Phi) is 10.3. The number of fused-ring (bicyclic) bond motifs is 1. The average Bonchev–Trinajstić information content (AvgIpc) is 3.49. The molecular formula is C29H32F3N7O4S. The van der Waals surface area contributed by atoms with E-state index >= 15 is 0 Å². The molecule has 0 bridgehead atoms. The fourth-order valence-electron chi connectivity index (χ4n) is 4.33. The van der Waals surface area contributed by atoms with Gasteiger partial charge in [0.05, 0.1) is 6.61 Å². The Bertz CT molecular complexity index is 1700. The van der Waals surface area contributed by atoms with Gasteiger partial charge in [0.15, 0.2) is 5.69 Å². The summed E-state index contributed by atoms with van der Waals surface area (Å²) in [5, 5.41) is 15.8. The number of carbonyl (C=O) groups excluding carboxylic acids is 2. The fourth-order valence-corrected chi connectivity index (χ4v) is 5.19. The number of H-pyrrole nitrogens is 1. The van der Waals surface area contributed by atoms with E-state index in [0.29, 0.717) is 42.7 Å². The first-order valence-corrected chi connectivity index (χ1v) is 14.6. The minimum atomic E-state index is -4.65. The molecule has 3 aromatic heterocycles. The lowest BCUT2D eigenvalue weighted by molar-refractivity contribution is -0.140. The molecular weight excluding hydrogens is 599 g/mol. The maximum absolute atomic E-state index is 13.6.